The van der Waals surface area contributed by atoms with Crippen molar-refractivity contribution >= 4 is 0 Å². The fourth-order valence-corrected chi connectivity index (χ4v) is 1.83. The molecular formula is C10H18O4. The summed E-state index contributed by atoms with van der Waals surface area (Å²) in [6.45, 7) is 3.49. The SMILES string of the molecule is OC1CCOCC1OCC1CCOC1. The molecule has 2 saturated heterocycles. The molecule has 2 heterocycles. The molecule has 0 spiro atoms. The molecule has 0 bridgehead atoms. The average Bonchev–Trinajstić information content (AvgIpc) is 2.69. The molecule has 14 heavy (non-hydrogen) atoms. The number of aliphatic hydroxyl groups is 1. The Bertz CT molecular complexity index is 168. The third kappa shape index (κ3) is 2.67. The van der Waals surface area contributed by atoms with Crippen LogP contribution in [0.5, 0.6) is 0 Å². The Balaban J connectivity index is 1.67. The lowest BCUT2D eigenvalue weighted by Gasteiger charge is -2.28. The van der Waals surface area contributed by atoms with Crippen LogP contribution in [0.1, 0.15) is 12.8 Å². The first-order valence-corrected chi connectivity index (χ1v) is 5.31. The van der Waals surface area contributed by atoms with E-state index in [1.165, 1.54) is 0 Å². The summed E-state index contributed by atoms with van der Waals surface area (Å²) >= 11 is 0. The van der Waals surface area contributed by atoms with Gasteiger partial charge in [0.05, 0.1) is 25.9 Å². The molecule has 0 amide bonds. The van der Waals surface area contributed by atoms with Crippen molar-refractivity contribution in [1.29, 1.82) is 0 Å². The number of ether oxygens (including phenoxy) is 3. The lowest BCUT2D eigenvalue weighted by Crippen LogP contribution is -2.39. The first kappa shape index (κ1) is 10.4. The molecule has 3 unspecified atom stereocenters. The first-order chi connectivity index (χ1) is 6.86. The largest absolute Gasteiger partial charge is 0.390 e. The topological polar surface area (TPSA) is 47.9 Å². The van der Waals surface area contributed by atoms with Crippen LogP contribution in [0.3, 0.4) is 0 Å². The molecule has 2 aliphatic heterocycles. The van der Waals surface area contributed by atoms with Gasteiger partial charge in [0, 0.05) is 19.1 Å². The molecule has 0 aromatic carbocycles. The quantitative estimate of drug-likeness (QED) is 0.709. The Kier molecular flexibility index (Phi) is 3.75. The van der Waals surface area contributed by atoms with Gasteiger partial charge < -0.3 is 19.3 Å². The van der Waals surface area contributed by atoms with Crippen LogP contribution in [0.15, 0.2) is 0 Å². The van der Waals surface area contributed by atoms with Gasteiger partial charge in [-0.25, -0.2) is 0 Å². The van der Waals surface area contributed by atoms with E-state index in [1.807, 2.05) is 0 Å². The van der Waals surface area contributed by atoms with Crippen LogP contribution in [-0.4, -0.2) is 50.3 Å². The minimum absolute atomic E-state index is 0.135. The molecule has 2 fully saturated rings. The number of hydrogen-bond acceptors (Lipinski definition) is 4. The third-order valence-electron chi connectivity index (χ3n) is 2.84. The summed E-state index contributed by atoms with van der Waals surface area (Å²) in [4.78, 5) is 0. The number of rotatable bonds is 3. The van der Waals surface area contributed by atoms with Crippen LogP contribution >= 0.6 is 0 Å². The highest BCUT2D eigenvalue weighted by Gasteiger charge is 2.26. The predicted octanol–water partition coefficient (Wildman–Crippen LogP) is 0.189. The van der Waals surface area contributed by atoms with Gasteiger partial charge in [-0.2, -0.15) is 0 Å². The summed E-state index contributed by atoms with van der Waals surface area (Å²) in [6.07, 6.45) is 1.27. The maximum Gasteiger partial charge on any atom is 0.107 e. The van der Waals surface area contributed by atoms with Gasteiger partial charge in [0.25, 0.3) is 0 Å². The molecule has 0 aromatic rings. The van der Waals surface area contributed by atoms with Crippen molar-refractivity contribution in [3.63, 3.8) is 0 Å². The standard InChI is InChI=1S/C10H18O4/c11-9-2-4-13-7-10(9)14-6-8-1-3-12-5-8/h8-11H,1-7H2. The van der Waals surface area contributed by atoms with E-state index in [0.717, 1.165) is 19.6 Å². The van der Waals surface area contributed by atoms with E-state index in [4.69, 9.17) is 14.2 Å². The second-order valence-corrected chi connectivity index (χ2v) is 4.03. The highest BCUT2D eigenvalue weighted by atomic mass is 16.5. The molecule has 0 radical (unpaired) electrons. The molecule has 82 valence electrons. The third-order valence-corrected chi connectivity index (χ3v) is 2.84. The molecule has 2 aliphatic rings. The number of hydrogen-bond donors (Lipinski definition) is 1. The maximum atomic E-state index is 9.61. The van der Waals surface area contributed by atoms with Crippen molar-refractivity contribution in [1.82, 2.24) is 0 Å². The van der Waals surface area contributed by atoms with E-state index in [9.17, 15) is 5.11 Å². The Labute approximate surface area is 84.1 Å². The van der Waals surface area contributed by atoms with E-state index in [1.54, 1.807) is 0 Å². The average molecular weight is 202 g/mol. The molecule has 4 nitrogen and oxygen atoms in total. The Hall–Kier alpha value is -0.160. The molecule has 0 aliphatic carbocycles. The van der Waals surface area contributed by atoms with Gasteiger partial charge in [-0.1, -0.05) is 0 Å². The van der Waals surface area contributed by atoms with Crippen molar-refractivity contribution in [3.05, 3.63) is 0 Å². The fraction of sp³-hybridized carbons (Fsp3) is 1.00. The minimum Gasteiger partial charge on any atom is -0.390 e. The lowest BCUT2D eigenvalue weighted by molar-refractivity contribution is -0.123. The molecule has 3 atom stereocenters. The highest BCUT2D eigenvalue weighted by Crippen LogP contribution is 2.16. The zero-order chi connectivity index (χ0) is 9.80. The van der Waals surface area contributed by atoms with Crippen LogP contribution < -0.4 is 0 Å². The van der Waals surface area contributed by atoms with Gasteiger partial charge in [0.1, 0.15) is 6.10 Å². The van der Waals surface area contributed by atoms with Gasteiger partial charge in [-0.3, -0.25) is 0 Å². The summed E-state index contributed by atoms with van der Waals surface area (Å²) in [5.41, 5.74) is 0. The molecular weight excluding hydrogens is 184 g/mol. The van der Waals surface area contributed by atoms with Gasteiger partial charge in [0.15, 0.2) is 0 Å². The zero-order valence-corrected chi connectivity index (χ0v) is 8.35. The van der Waals surface area contributed by atoms with Crippen molar-refractivity contribution in [3.8, 4) is 0 Å². The van der Waals surface area contributed by atoms with Crippen LogP contribution in [-0.2, 0) is 14.2 Å². The van der Waals surface area contributed by atoms with Crippen molar-refractivity contribution in [2.24, 2.45) is 5.92 Å². The minimum atomic E-state index is -0.355. The Morgan fingerprint density at radius 2 is 1.93 bits per heavy atom. The van der Waals surface area contributed by atoms with E-state index in [2.05, 4.69) is 0 Å². The van der Waals surface area contributed by atoms with Crippen LogP contribution in [0, 0.1) is 5.92 Å². The highest BCUT2D eigenvalue weighted by molar-refractivity contribution is 4.74. The first-order valence-electron chi connectivity index (χ1n) is 5.31. The number of aliphatic hydroxyl groups excluding tert-OH is 1. The van der Waals surface area contributed by atoms with E-state index >= 15 is 0 Å². The van der Waals surface area contributed by atoms with Crippen LogP contribution in [0.4, 0.5) is 0 Å². The predicted molar refractivity (Wildman–Crippen MR) is 50.1 cm³/mol. The Morgan fingerprint density at radius 3 is 2.64 bits per heavy atom. The van der Waals surface area contributed by atoms with E-state index < -0.39 is 0 Å². The second kappa shape index (κ2) is 5.07. The summed E-state index contributed by atoms with van der Waals surface area (Å²) in [5.74, 6) is 0.504. The van der Waals surface area contributed by atoms with E-state index in [-0.39, 0.29) is 12.2 Å². The summed E-state index contributed by atoms with van der Waals surface area (Å²) < 4.78 is 16.1. The Morgan fingerprint density at radius 1 is 1.14 bits per heavy atom. The molecule has 1 N–H and O–H groups in total. The zero-order valence-electron chi connectivity index (χ0n) is 8.35. The molecule has 2 rings (SSSR count). The maximum absolute atomic E-state index is 9.61. The van der Waals surface area contributed by atoms with Crippen molar-refractivity contribution in [2.45, 2.75) is 25.0 Å². The van der Waals surface area contributed by atoms with E-state index in [0.29, 0.717) is 32.2 Å². The van der Waals surface area contributed by atoms with Gasteiger partial charge in [-0.05, 0) is 12.8 Å². The van der Waals surface area contributed by atoms with Crippen LogP contribution in [0.2, 0.25) is 0 Å². The summed E-state index contributed by atoms with van der Waals surface area (Å²) in [6, 6.07) is 0. The normalized spacial score (nSPS) is 38.8. The smallest absolute Gasteiger partial charge is 0.107 e. The van der Waals surface area contributed by atoms with Crippen LogP contribution in [0.25, 0.3) is 0 Å². The monoisotopic (exact) mass is 202 g/mol. The molecule has 4 heteroatoms. The molecule has 0 saturated carbocycles. The van der Waals surface area contributed by atoms with Gasteiger partial charge in [0.2, 0.25) is 0 Å². The molecule has 0 aromatic heterocycles. The van der Waals surface area contributed by atoms with Crippen molar-refractivity contribution in [2.75, 3.05) is 33.0 Å². The van der Waals surface area contributed by atoms with Gasteiger partial charge >= 0.3 is 0 Å². The van der Waals surface area contributed by atoms with Crippen molar-refractivity contribution < 1.29 is 19.3 Å². The lowest BCUT2D eigenvalue weighted by atomic mass is 10.1. The summed E-state index contributed by atoms with van der Waals surface area (Å²) in [5, 5.41) is 9.61. The fourth-order valence-electron chi connectivity index (χ4n) is 1.83. The second-order valence-electron chi connectivity index (χ2n) is 4.03. The van der Waals surface area contributed by atoms with Gasteiger partial charge in [-0.15, -0.1) is 0 Å². The summed E-state index contributed by atoms with van der Waals surface area (Å²) in [7, 11) is 0.